The second kappa shape index (κ2) is 5.43. The molecule has 3 rings (SSSR count). The van der Waals surface area contributed by atoms with Gasteiger partial charge in [0.1, 0.15) is 5.82 Å². The van der Waals surface area contributed by atoms with Crippen molar-refractivity contribution in [3.63, 3.8) is 0 Å². The molecule has 0 atom stereocenters. The van der Waals surface area contributed by atoms with Gasteiger partial charge in [0.05, 0.1) is 16.9 Å². The summed E-state index contributed by atoms with van der Waals surface area (Å²) in [6.07, 6.45) is 3.67. The minimum Gasteiger partial charge on any atom is -0.322 e. The van der Waals surface area contributed by atoms with Gasteiger partial charge >= 0.3 is 0 Å². The molecule has 0 aliphatic rings. The Morgan fingerprint density at radius 3 is 2.85 bits per heavy atom. The number of aryl methyl sites for hydroxylation is 1. The molecule has 0 aliphatic carbocycles. The number of nitrogens with zero attached hydrogens (tertiary/aromatic N) is 3. The van der Waals surface area contributed by atoms with Gasteiger partial charge in [-0.25, -0.2) is 4.98 Å². The number of hydrogen-bond acceptors (Lipinski definition) is 2. The lowest BCUT2D eigenvalue weighted by Crippen LogP contribution is -2.05. The molecule has 0 radical (unpaired) electrons. The molecule has 2 heterocycles. The van der Waals surface area contributed by atoms with Crippen molar-refractivity contribution in [1.29, 1.82) is 0 Å². The highest BCUT2D eigenvalue weighted by Gasteiger charge is 2.11. The largest absolute Gasteiger partial charge is 0.322 e. The fraction of sp³-hybridized carbons (Fsp3) is 0.200. The van der Waals surface area contributed by atoms with E-state index < -0.39 is 0 Å². The second-order valence-corrected chi connectivity index (χ2v) is 5.39. The molecule has 0 N–H and O–H groups in total. The molecule has 0 spiro atoms. The third-order valence-electron chi connectivity index (χ3n) is 3.37. The summed E-state index contributed by atoms with van der Waals surface area (Å²) in [6, 6.07) is 7.74. The van der Waals surface area contributed by atoms with Gasteiger partial charge in [-0.15, -0.1) is 11.6 Å². The highest BCUT2D eigenvalue weighted by molar-refractivity contribution is 6.31. The average molecular weight is 306 g/mol. The molecular weight excluding hydrogens is 293 g/mol. The molecule has 0 aliphatic heterocycles. The molecule has 20 heavy (non-hydrogen) atoms. The van der Waals surface area contributed by atoms with Gasteiger partial charge in [-0.2, -0.15) is 0 Å². The van der Waals surface area contributed by atoms with Crippen LogP contribution in [0.25, 0.3) is 11.0 Å². The third-order valence-corrected chi connectivity index (χ3v) is 3.85. The van der Waals surface area contributed by atoms with Gasteiger partial charge in [0, 0.05) is 24.0 Å². The number of benzene rings is 1. The van der Waals surface area contributed by atoms with Crippen molar-refractivity contribution in [1.82, 2.24) is 14.5 Å². The predicted molar refractivity (Wildman–Crippen MR) is 82.4 cm³/mol. The Bertz CT molecular complexity index is 765. The van der Waals surface area contributed by atoms with Crippen LogP contribution < -0.4 is 0 Å². The van der Waals surface area contributed by atoms with E-state index in [-0.39, 0.29) is 0 Å². The molecule has 3 nitrogen and oxygen atoms in total. The standard InChI is InChI=1S/C15H13Cl2N3/c1-10-8-18-5-4-11(10)9-20-14-3-2-12(17)6-13(14)19-15(20)7-16/h2-6,8H,7,9H2,1H3. The smallest absolute Gasteiger partial charge is 0.125 e. The van der Waals surface area contributed by atoms with Crippen LogP contribution in [0.3, 0.4) is 0 Å². The lowest BCUT2D eigenvalue weighted by molar-refractivity contribution is 0.772. The van der Waals surface area contributed by atoms with Crippen molar-refractivity contribution in [3.8, 4) is 0 Å². The molecule has 2 aromatic heterocycles. The number of aromatic nitrogens is 3. The maximum atomic E-state index is 6.02. The van der Waals surface area contributed by atoms with Crippen LogP contribution in [-0.2, 0) is 12.4 Å². The van der Waals surface area contributed by atoms with Gasteiger partial charge in [0.15, 0.2) is 0 Å². The molecular formula is C15H13Cl2N3. The average Bonchev–Trinajstić information content (AvgIpc) is 2.78. The highest BCUT2D eigenvalue weighted by atomic mass is 35.5. The summed E-state index contributed by atoms with van der Waals surface area (Å²) in [4.78, 5) is 8.67. The molecule has 1 aromatic carbocycles. The fourth-order valence-corrected chi connectivity index (χ4v) is 2.65. The van der Waals surface area contributed by atoms with E-state index in [1.807, 2.05) is 30.5 Å². The first-order valence-electron chi connectivity index (χ1n) is 6.29. The van der Waals surface area contributed by atoms with Gasteiger partial charge in [0.25, 0.3) is 0 Å². The summed E-state index contributed by atoms with van der Waals surface area (Å²) in [6.45, 7) is 2.78. The topological polar surface area (TPSA) is 30.7 Å². The van der Waals surface area contributed by atoms with Crippen LogP contribution in [0, 0.1) is 6.92 Å². The van der Waals surface area contributed by atoms with Gasteiger partial charge in [-0.05, 0) is 42.3 Å². The van der Waals surface area contributed by atoms with E-state index in [0.717, 1.165) is 29.0 Å². The van der Waals surface area contributed by atoms with Crippen molar-refractivity contribution in [3.05, 3.63) is 58.6 Å². The Balaban J connectivity index is 2.12. The maximum absolute atomic E-state index is 6.02. The van der Waals surface area contributed by atoms with E-state index in [4.69, 9.17) is 23.2 Å². The summed E-state index contributed by atoms with van der Waals surface area (Å²) in [5, 5.41) is 0.684. The second-order valence-electron chi connectivity index (χ2n) is 4.68. The van der Waals surface area contributed by atoms with E-state index in [1.54, 1.807) is 6.20 Å². The Labute approximate surface area is 127 Å². The van der Waals surface area contributed by atoms with Crippen molar-refractivity contribution >= 4 is 34.2 Å². The number of fused-ring (bicyclic) bond motifs is 1. The van der Waals surface area contributed by atoms with Crippen molar-refractivity contribution in [2.45, 2.75) is 19.3 Å². The van der Waals surface area contributed by atoms with E-state index in [9.17, 15) is 0 Å². The van der Waals surface area contributed by atoms with E-state index >= 15 is 0 Å². The van der Waals surface area contributed by atoms with Crippen LogP contribution >= 0.6 is 23.2 Å². The first-order chi connectivity index (χ1) is 9.69. The lowest BCUT2D eigenvalue weighted by atomic mass is 10.1. The molecule has 0 unspecified atom stereocenters. The molecule has 0 saturated heterocycles. The van der Waals surface area contributed by atoms with E-state index in [2.05, 4.69) is 21.5 Å². The fourth-order valence-electron chi connectivity index (χ4n) is 2.28. The SMILES string of the molecule is Cc1cnccc1Cn1c(CCl)nc2cc(Cl)ccc21. The zero-order chi connectivity index (χ0) is 14.1. The van der Waals surface area contributed by atoms with Gasteiger partial charge < -0.3 is 4.57 Å². The maximum Gasteiger partial charge on any atom is 0.125 e. The van der Waals surface area contributed by atoms with Gasteiger partial charge in [-0.3, -0.25) is 4.98 Å². The molecule has 3 aromatic rings. The Kier molecular flexibility index (Phi) is 3.64. The summed E-state index contributed by atoms with van der Waals surface area (Å²) in [7, 11) is 0. The summed E-state index contributed by atoms with van der Waals surface area (Å²) >= 11 is 12.0. The summed E-state index contributed by atoms with van der Waals surface area (Å²) < 4.78 is 2.13. The van der Waals surface area contributed by atoms with Crippen LogP contribution in [0.5, 0.6) is 0 Å². The van der Waals surface area contributed by atoms with Crippen molar-refractivity contribution in [2.24, 2.45) is 0 Å². The zero-order valence-corrected chi connectivity index (χ0v) is 12.5. The van der Waals surface area contributed by atoms with E-state index in [0.29, 0.717) is 10.9 Å². The lowest BCUT2D eigenvalue weighted by Gasteiger charge is -2.10. The van der Waals surface area contributed by atoms with Crippen molar-refractivity contribution < 1.29 is 0 Å². The van der Waals surface area contributed by atoms with Gasteiger partial charge in [0.2, 0.25) is 0 Å². The van der Waals surface area contributed by atoms with Crippen LogP contribution in [0.15, 0.2) is 36.7 Å². The van der Waals surface area contributed by atoms with Gasteiger partial charge in [-0.1, -0.05) is 11.6 Å². The monoisotopic (exact) mass is 305 g/mol. The number of rotatable bonds is 3. The highest BCUT2D eigenvalue weighted by Crippen LogP contribution is 2.23. The first-order valence-corrected chi connectivity index (χ1v) is 7.20. The Morgan fingerprint density at radius 2 is 2.10 bits per heavy atom. The quantitative estimate of drug-likeness (QED) is 0.680. The number of halogens is 2. The predicted octanol–water partition coefficient (Wildman–Crippen LogP) is 4.18. The number of imidazole rings is 1. The van der Waals surface area contributed by atoms with Crippen LogP contribution in [0.4, 0.5) is 0 Å². The number of alkyl halides is 1. The molecule has 5 heteroatoms. The minimum absolute atomic E-state index is 0.371. The molecule has 0 bridgehead atoms. The Morgan fingerprint density at radius 1 is 1.25 bits per heavy atom. The van der Waals surface area contributed by atoms with Crippen LogP contribution in [0.2, 0.25) is 5.02 Å². The normalized spacial score (nSPS) is 11.2. The molecule has 0 amide bonds. The molecule has 0 saturated carbocycles. The molecule has 102 valence electrons. The van der Waals surface area contributed by atoms with E-state index in [1.165, 1.54) is 5.56 Å². The van der Waals surface area contributed by atoms with Crippen molar-refractivity contribution in [2.75, 3.05) is 0 Å². The number of pyridine rings is 1. The first kappa shape index (κ1) is 13.4. The summed E-state index contributed by atoms with van der Waals surface area (Å²) in [5.74, 6) is 1.22. The zero-order valence-electron chi connectivity index (χ0n) is 11.0. The minimum atomic E-state index is 0.371. The number of hydrogen-bond donors (Lipinski definition) is 0. The third kappa shape index (κ3) is 2.39. The van der Waals surface area contributed by atoms with Crippen LogP contribution in [0.1, 0.15) is 17.0 Å². The Hall–Kier alpha value is -1.58. The molecule has 0 fully saturated rings. The summed E-state index contributed by atoms with van der Waals surface area (Å²) in [5.41, 5.74) is 4.28. The van der Waals surface area contributed by atoms with Crippen LogP contribution in [-0.4, -0.2) is 14.5 Å².